The van der Waals surface area contributed by atoms with Crippen molar-refractivity contribution in [3.8, 4) is 5.69 Å². The van der Waals surface area contributed by atoms with Crippen molar-refractivity contribution in [1.29, 1.82) is 0 Å². The van der Waals surface area contributed by atoms with E-state index >= 15 is 0 Å². The Hall–Kier alpha value is -2.67. The molecule has 0 aliphatic carbocycles. The van der Waals surface area contributed by atoms with E-state index in [4.69, 9.17) is 4.74 Å². The number of ether oxygens (including phenoxy) is 1. The van der Waals surface area contributed by atoms with E-state index in [-0.39, 0.29) is 30.7 Å². The molecule has 7 nitrogen and oxygen atoms in total. The summed E-state index contributed by atoms with van der Waals surface area (Å²) < 4.78 is 6.92. The molecule has 0 spiro atoms. The average Bonchev–Trinajstić information content (AvgIpc) is 3.19. The Morgan fingerprint density at radius 1 is 1.24 bits per heavy atom. The Morgan fingerprint density at radius 3 is 2.52 bits per heavy atom. The standard InChI is InChI=1S/C18H21N3O4/c1-11-4-6-13(7-5-11)21-12(2)8-15(19-21)17(22)20-10-14(25-3)9-16(20)18(23)24/h4-8,14,16H,9-10H2,1-3H3,(H,23,24). The summed E-state index contributed by atoms with van der Waals surface area (Å²) in [5.74, 6) is -1.41. The molecule has 25 heavy (non-hydrogen) atoms. The number of carbonyl (C=O) groups excluding carboxylic acids is 1. The highest BCUT2D eigenvalue weighted by atomic mass is 16.5. The van der Waals surface area contributed by atoms with Crippen LogP contribution in [0.1, 0.15) is 28.2 Å². The van der Waals surface area contributed by atoms with Crippen LogP contribution in [0.25, 0.3) is 5.69 Å². The quantitative estimate of drug-likeness (QED) is 0.915. The van der Waals surface area contributed by atoms with Crippen molar-refractivity contribution in [3.05, 3.63) is 47.3 Å². The Balaban J connectivity index is 1.89. The lowest BCUT2D eigenvalue weighted by Gasteiger charge is -2.19. The highest BCUT2D eigenvalue weighted by Crippen LogP contribution is 2.23. The molecule has 3 rings (SSSR count). The number of aromatic nitrogens is 2. The number of carboxylic acids is 1. The molecule has 2 aromatic rings. The van der Waals surface area contributed by atoms with Crippen LogP contribution in [0, 0.1) is 13.8 Å². The van der Waals surface area contributed by atoms with E-state index in [0.717, 1.165) is 16.9 Å². The summed E-state index contributed by atoms with van der Waals surface area (Å²) in [5.41, 5.74) is 3.03. The fourth-order valence-electron chi connectivity index (χ4n) is 3.10. The third-order valence-electron chi connectivity index (χ3n) is 4.53. The lowest BCUT2D eigenvalue weighted by molar-refractivity contribution is -0.141. The first kappa shape index (κ1) is 17.2. The predicted octanol–water partition coefficient (Wildman–Crippen LogP) is 1.80. The zero-order valence-corrected chi connectivity index (χ0v) is 14.5. The molecular weight excluding hydrogens is 322 g/mol. The number of rotatable bonds is 4. The highest BCUT2D eigenvalue weighted by molar-refractivity contribution is 5.95. The van der Waals surface area contributed by atoms with Gasteiger partial charge in [0.2, 0.25) is 0 Å². The van der Waals surface area contributed by atoms with Gasteiger partial charge in [-0.1, -0.05) is 17.7 Å². The number of carboxylic acid groups (broad SMARTS) is 1. The van der Waals surface area contributed by atoms with Crippen LogP contribution in [0.2, 0.25) is 0 Å². The van der Waals surface area contributed by atoms with E-state index in [9.17, 15) is 14.7 Å². The Kier molecular flexibility index (Phi) is 4.59. The number of carbonyl (C=O) groups is 2. The van der Waals surface area contributed by atoms with Crippen molar-refractivity contribution in [2.45, 2.75) is 32.4 Å². The van der Waals surface area contributed by atoms with Crippen LogP contribution in [0.15, 0.2) is 30.3 Å². The molecule has 1 aliphatic heterocycles. The van der Waals surface area contributed by atoms with Crippen molar-refractivity contribution in [3.63, 3.8) is 0 Å². The van der Waals surface area contributed by atoms with Gasteiger partial charge in [0.15, 0.2) is 5.69 Å². The molecule has 0 radical (unpaired) electrons. The SMILES string of the molecule is COC1CC(C(=O)O)N(C(=O)c2cc(C)n(-c3ccc(C)cc3)n2)C1. The molecule has 1 amide bonds. The highest BCUT2D eigenvalue weighted by Gasteiger charge is 2.40. The minimum absolute atomic E-state index is 0.237. The number of amides is 1. The number of aryl methyl sites for hydroxylation is 2. The van der Waals surface area contributed by atoms with Crippen molar-refractivity contribution >= 4 is 11.9 Å². The Labute approximate surface area is 145 Å². The van der Waals surface area contributed by atoms with Crippen LogP contribution < -0.4 is 0 Å². The van der Waals surface area contributed by atoms with E-state index in [1.807, 2.05) is 38.1 Å². The third-order valence-corrected chi connectivity index (χ3v) is 4.53. The smallest absolute Gasteiger partial charge is 0.326 e. The van der Waals surface area contributed by atoms with Gasteiger partial charge in [-0.3, -0.25) is 4.79 Å². The van der Waals surface area contributed by atoms with Crippen molar-refractivity contribution in [2.75, 3.05) is 13.7 Å². The molecule has 1 saturated heterocycles. The maximum absolute atomic E-state index is 12.8. The summed E-state index contributed by atoms with van der Waals surface area (Å²) in [5, 5.41) is 13.8. The summed E-state index contributed by atoms with van der Waals surface area (Å²) in [4.78, 5) is 25.6. The summed E-state index contributed by atoms with van der Waals surface area (Å²) in [6.45, 7) is 4.11. The maximum atomic E-state index is 12.8. The lowest BCUT2D eigenvalue weighted by atomic mass is 10.2. The van der Waals surface area contributed by atoms with Gasteiger partial charge >= 0.3 is 5.97 Å². The minimum Gasteiger partial charge on any atom is -0.480 e. The molecule has 1 aromatic carbocycles. The summed E-state index contributed by atoms with van der Waals surface area (Å²) in [7, 11) is 1.52. The van der Waals surface area contributed by atoms with Gasteiger partial charge in [0.05, 0.1) is 11.8 Å². The maximum Gasteiger partial charge on any atom is 0.326 e. The number of aliphatic carboxylic acids is 1. The van der Waals surface area contributed by atoms with Crippen LogP contribution >= 0.6 is 0 Å². The number of likely N-dealkylation sites (tertiary alicyclic amines) is 1. The molecule has 132 valence electrons. The van der Waals surface area contributed by atoms with Gasteiger partial charge in [0, 0.05) is 25.8 Å². The van der Waals surface area contributed by atoms with E-state index in [0.29, 0.717) is 0 Å². The fraction of sp³-hybridized carbons (Fsp3) is 0.389. The van der Waals surface area contributed by atoms with E-state index in [1.165, 1.54) is 12.0 Å². The average molecular weight is 343 g/mol. The topological polar surface area (TPSA) is 84.7 Å². The lowest BCUT2D eigenvalue weighted by Crippen LogP contribution is -2.40. The summed E-state index contributed by atoms with van der Waals surface area (Å²) in [6.07, 6.45) is 0.0141. The molecule has 0 bridgehead atoms. The van der Waals surface area contributed by atoms with Crippen molar-refractivity contribution < 1.29 is 19.4 Å². The molecule has 1 aliphatic rings. The third kappa shape index (κ3) is 3.28. The van der Waals surface area contributed by atoms with E-state index in [1.54, 1.807) is 10.7 Å². The van der Waals surface area contributed by atoms with Crippen LogP contribution in [-0.2, 0) is 9.53 Å². The molecule has 1 fully saturated rings. The Bertz CT molecular complexity index is 797. The summed E-state index contributed by atoms with van der Waals surface area (Å²) >= 11 is 0. The second kappa shape index (κ2) is 6.68. The number of hydrogen-bond donors (Lipinski definition) is 1. The van der Waals surface area contributed by atoms with Gasteiger partial charge in [-0.25, -0.2) is 9.48 Å². The van der Waals surface area contributed by atoms with Gasteiger partial charge in [0.25, 0.3) is 5.91 Å². The second-order valence-corrected chi connectivity index (χ2v) is 6.32. The number of benzene rings is 1. The molecule has 1 aromatic heterocycles. The number of nitrogens with zero attached hydrogens (tertiary/aromatic N) is 3. The molecule has 0 saturated carbocycles. The van der Waals surface area contributed by atoms with Gasteiger partial charge < -0.3 is 14.7 Å². The number of hydrogen-bond acceptors (Lipinski definition) is 4. The number of methoxy groups -OCH3 is 1. The van der Waals surface area contributed by atoms with E-state index < -0.39 is 12.0 Å². The van der Waals surface area contributed by atoms with Gasteiger partial charge in [0.1, 0.15) is 6.04 Å². The van der Waals surface area contributed by atoms with Crippen molar-refractivity contribution in [2.24, 2.45) is 0 Å². The van der Waals surface area contributed by atoms with Crippen LogP contribution in [0.3, 0.4) is 0 Å². The van der Waals surface area contributed by atoms with Crippen molar-refractivity contribution in [1.82, 2.24) is 14.7 Å². The van der Waals surface area contributed by atoms with Crippen LogP contribution in [0.4, 0.5) is 0 Å². The van der Waals surface area contributed by atoms with Gasteiger partial charge in [-0.2, -0.15) is 5.10 Å². The molecule has 2 atom stereocenters. The largest absolute Gasteiger partial charge is 0.480 e. The van der Waals surface area contributed by atoms with E-state index in [2.05, 4.69) is 5.10 Å². The minimum atomic E-state index is -1.03. The zero-order valence-electron chi connectivity index (χ0n) is 14.5. The first-order chi connectivity index (χ1) is 11.9. The Morgan fingerprint density at radius 2 is 1.92 bits per heavy atom. The van der Waals surface area contributed by atoms with Crippen LogP contribution in [0.5, 0.6) is 0 Å². The van der Waals surface area contributed by atoms with Crippen LogP contribution in [-0.4, -0.2) is 57.5 Å². The molecule has 2 heterocycles. The molecule has 7 heteroatoms. The normalized spacial score (nSPS) is 20.0. The fourth-order valence-corrected chi connectivity index (χ4v) is 3.10. The van der Waals surface area contributed by atoms with Gasteiger partial charge in [-0.05, 0) is 32.0 Å². The second-order valence-electron chi connectivity index (χ2n) is 6.32. The first-order valence-corrected chi connectivity index (χ1v) is 8.11. The molecule has 2 unspecified atom stereocenters. The molecular formula is C18H21N3O4. The summed E-state index contributed by atoms with van der Waals surface area (Å²) in [6, 6.07) is 8.61. The molecule has 1 N–H and O–H groups in total. The predicted molar refractivity (Wildman–Crippen MR) is 90.9 cm³/mol. The van der Waals surface area contributed by atoms with Gasteiger partial charge in [-0.15, -0.1) is 0 Å². The first-order valence-electron chi connectivity index (χ1n) is 8.11. The zero-order chi connectivity index (χ0) is 18.1. The monoisotopic (exact) mass is 343 g/mol.